The number of hydrogen-bond acceptors (Lipinski definition) is 3. The van der Waals surface area contributed by atoms with Crippen molar-refractivity contribution in [2.75, 3.05) is 13.1 Å². The third-order valence-corrected chi connectivity index (χ3v) is 3.54. The van der Waals surface area contributed by atoms with Crippen molar-refractivity contribution in [3.05, 3.63) is 34.3 Å². The molecule has 1 saturated heterocycles. The smallest absolute Gasteiger partial charge is 0.335 e. The Balaban J connectivity index is 2.08. The Bertz CT molecular complexity index is 468. The molecule has 1 N–H and O–H groups in total. The van der Waals surface area contributed by atoms with Crippen molar-refractivity contribution >= 4 is 17.6 Å². The van der Waals surface area contributed by atoms with Crippen molar-refractivity contribution in [2.24, 2.45) is 0 Å². The van der Waals surface area contributed by atoms with Crippen molar-refractivity contribution in [1.29, 1.82) is 0 Å². The van der Waals surface area contributed by atoms with Crippen LogP contribution < -0.4 is 0 Å². The minimum atomic E-state index is -0.956. The maximum atomic E-state index is 10.9. The van der Waals surface area contributed by atoms with Crippen LogP contribution in [0.15, 0.2) is 18.2 Å². The van der Waals surface area contributed by atoms with E-state index in [1.807, 2.05) is 0 Å². The first-order valence-corrected chi connectivity index (χ1v) is 6.73. The highest BCUT2D eigenvalue weighted by atomic mass is 35.5. The molecule has 1 aliphatic heterocycles. The molecule has 0 saturated carbocycles. The summed E-state index contributed by atoms with van der Waals surface area (Å²) in [6, 6.07) is 4.89. The number of ether oxygens (including phenoxy) is 1. The zero-order valence-corrected chi connectivity index (χ0v) is 11.9. The van der Waals surface area contributed by atoms with Gasteiger partial charge in [0.25, 0.3) is 0 Å². The molecule has 5 heteroatoms. The number of aromatic carboxylic acids is 1. The first-order chi connectivity index (χ1) is 8.95. The van der Waals surface area contributed by atoms with E-state index in [0.717, 1.165) is 25.2 Å². The largest absolute Gasteiger partial charge is 0.478 e. The Morgan fingerprint density at radius 3 is 2.58 bits per heavy atom. The lowest BCUT2D eigenvalue weighted by Gasteiger charge is -2.35. The number of benzene rings is 1. The Morgan fingerprint density at radius 2 is 2.05 bits per heavy atom. The Kier molecular flexibility index (Phi) is 4.45. The molecule has 1 heterocycles. The number of hydrogen-bond donors (Lipinski definition) is 1. The molecule has 1 aromatic rings. The second-order valence-electron chi connectivity index (χ2n) is 5.06. The van der Waals surface area contributed by atoms with Crippen LogP contribution in [0.3, 0.4) is 0 Å². The number of halogens is 1. The molecule has 104 valence electrons. The Morgan fingerprint density at radius 1 is 1.42 bits per heavy atom. The number of rotatable bonds is 3. The molecule has 2 unspecified atom stereocenters. The van der Waals surface area contributed by atoms with Crippen LogP contribution in [0.25, 0.3) is 0 Å². The molecule has 0 amide bonds. The van der Waals surface area contributed by atoms with Gasteiger partial charge in [0.1, 0.15) is 0 Å². The zero-order valence-electron chi connectivity index (χ0n) is 11.1. The number of carbonyl (C=O) groups is 1. The van der Waals surface area contributed by atoms with Crippen LogP contribution in [0.5, 0.6) is 0 Å². The quantitative estimate of drug-likeness (QED) is 0.926. The highest BCUT2D eigenvalue weighted by molar-refractivity contribution is 6.31. The fourth-order valence-electron chi connectivity index (χ4n) is 2.46. The van der Waals surface area contributed by atoms with Gasteiger partial charge >= 0.3 is 5.97 Å². The molecule has 2 atom stereocenters. The van der Waals surface area contributed by atoms with Gasteiger partial charge in [-0.25, -0.2) is 4.79 Å². The van der Waals surface area contributed by atoms with E-state index in [1.165, 1.54) is 6.07 Å². The molecular formula is C14H18ClNO3. The van der Waals surface area contributed by atoms with Gasteiger partial charge in [0.05, 0.1) is 17.8 Å². The minimum absolute atomic E-state index is 0.209. The van der Waals surface area contributed by atoms with Crippen molar-refractivity contribution in [3.63, 3.8) is 0 Å². The fourth-order valence-corrected chi connectivity index (χ4v) is 2.70. The summed E-state index contributed by atoms with van der Waals surface area (Å²) in [6.07, 6.45) is 0.418. The van der Waals surface area contributed by atoms with E-state index in [-0.39, 0.29) is 17.8 Å². The van der Waals surface area contributed by atoms with E-state index in [2.05, 4.69) is 18.7 Å². The van der Waals surface area contributed by atoms with Crippen LogP contribution in [-0.4, -0.2) is 41.3 Å². The van der Waals surface area contributed by atoms with Crippen LogP contribution >= 0.6 is 11.6 Å². The van der Waals surface area contributed by atoms with Crippen molar-refractivity contribution in [2.45, 2.75) is 32.6 Å². The third kappa shape index (κ3) is 3.69. The lowest BCUT2D eigenvalue weighted by molar-refractivity contribution is -0.0704. The standard InChI is InChI=1S/C14H18ClNO3/c1-9-6-16(7-10(2)19-9)8-12-4-3-11(14(17)18)5-13(12)15/h3-5,9-10H,6-8H2,1-2H3,(H,17,18). The minimum Gasteiger partial charge on any atom is -0.478 e. The molecule has 1 fully saturated rings. The molecule has 1 aromatic carbocycles. The van der Waals surface area contributed by atoms with Gasteiger partial charge < -0.3 is 9.84 Å². The number of nitrogens with zero attached hydrogens (tertiary/aromatic N) is 1. The van der Waals surface area contributed by atoms with Crippen LogP contribution in [0, 0.1) is 0 Å². The SMILES string of the molecule is CC1CN(Cc2ccc(C(=O)O)cc2Cl)CC(C)O1. The Labute approximate surface area is 117 Å². The van der Waals surface area contributed by atoms with E-state index in [9.17, 15) is 4.79 Å². The molecule has 0 aromatic heterocycles. The second-order valence-corrected chi connectivity index (χ2v) is 5.47. The van der Waals surface area contributed by atoms with Gasteiger partial charge in [-0.05, 0) is 31.5 Å². The molecule has 19 heavy (non-hydrogen) atoms. The van der Waals surface area contributed by atoms with Gasteiger partial charge in [-0.2, -0.15) is 0 Å². The summed E-state index contributed by atoms with van der Waals surface area (Å²) in [5.74, 6) is -0.956. The summed E-state index contributed by atoms with van der Waals surface area (Å²) in [6.45, 7) is 6.55. The van der Waals surface area contributed by atoms with Gasteiger partial charge in [0.2, 0.25) is 0 Å². The van der Waals surface area contributed by atoms with E-state index >= 15 is 0 Å². The van der Waals surface area contributed by atoms with Crippen LogP contribution in [-0.2, 0) is 11.3 Å². The zero-order chi connectivity index (χ0) is 14.0. The van der Waals surface area contributed by atoms with Gasteiger partial charge in [-0.15, -0.1) is 0 Å². The first kappa shape index (κ1) is 14.3. The number of carboxylic acids is 1. The summed E-state index contributed by atoms with van der Waals surface area (Å²) in [4.78, 5) is 13.1. The predicted molar refractivity (Wildman–Crippen MR) is 73.7 cm³/mol. The molecule has 0 aliphatic carbocycles. The van der Waals surface area contributed by atoms with Crippen molar-refractivity contribution in [1.82, 2.24) is 4.90 Å². The van der Waals surface area contributed by atoms with E-state index < -0.39 is 5.97 Å². The highest BCUT2D eigenvalue weighted by Crippen LogP contribution is 2.21. The number of carboxylic acid groups (broad SMARTS) is 1. The maximum absolute atomic E-state index is 10.9. The molecule has 0 radical (unpaired) electrons. The normalized spacial score (nSPS) is 24.4. The van der Waals surface area contributed by atoms with E-state index in [1.54, 1.807) is 12.1 Å². The average molecular weight is 284 g/mol. The fraction of sp³-hybridized carbons (Fsp3) is 0.500. The summed E-state index contributed by atoms with van der Waals surface area (Å²) < 4.78 is 5.68. The molecule has 0 spiro atoms. The summed E-state index contributed by atoms with van der Waals surface area (Å²) in [5, 5.41) is 9.41. The lowest BCUT2D eigenvalue weighted by Crippen LogP contribution is -2.44. The van der Waals surface area contributed by atoms with Crippen molar-refractivity contribution < 1.29 is 14.6 Å². The first-order valence-electron chi connectivity index (χ1n) is 6.35. The second kappa shape index (κ2) is 5.90. The average Bonchev–Trinajstić information content (AvgIpc) is 2.30. The topological polar surface area (TPSA) is 49.8 Å². The monoisotopic (exact) mass is 283 g/mol. The molecule has 0 bridgehead atoms. The van der Waals surface area contributed by atoms with Crippen LogP contribution in [0.2, 0.25) is 5.02 Å². The van der Waals surface area contributed by atoms with Crippen LogP contribution in [0.4, 0.5) is 0 Å². The number of morpholine rings is 1. The van der Waals surface area contributed by atoms with Gasteiger partial charge in [0, 0.05) is 24.7 Å². The van der Waals surface area contributed by atoms with Gasteiger partial charge in [-0.3, -0.25) is 4.90 Å². The summed E-state index contributed by atoms with van der Waals surface area (Å²) >= 11 is 6.14. The van der Waals surface area contributed by atoms with Crippen LogP contribution in [0.1, 0.15) is 29.8 Å². The molecule has 1 aliphatic rings. The third-order valence-electron chi connectivity index (χ3n) is 3.19. The molecule has 4 nitrogen and oxygen atoms in total. The summed E-state index contributed by atoms with van der Waals surface area (Å²) in [5.41, 5.74) is 1.17. The van der Waals surface area contributed by atoms with Gasteiger partial charge in [0.15, 0.2) is 0 Å². The van der Waals surface area contributed by atoms with E-state index in [0.29, 0.717) is 5.02 Å². The van der Waals surface area contributed by atoms with Gasteiger partial charge in [-0.1, -0.05) is 17.7 Å². The molecule has 2 rings (SSSR count). The summed E-state index contributed by atoms with van der Waals surface area (Å²) in [7, 11) is 0. The lowest BCUT2D eigenvalue weighted by atomic mass is 10.1. The predicted octanol–water partition coefficient (Wildman–Crippen LogP) is 2.65. The Hall–Kier alpha value is -1.10. The maximum Gasteiger partial charge on any atom is 0.335 e. The van der Waals surface area contributed by atoms with E-state index in [4.69, 9.17) is 21.4 Å². The molecular weight excluding hydrogens is 266 g/mol. The highest BCUT2D eigenvalue weighted by Gasteiger charge is 2.22. The van der Waals surface area contributed by atoms with Crippen molar-refractivity contribution in [3.8, 4) is 0 Å².